The van der Waals surface area contributed by atoms with Gasteiger partial charge in [0.2, 0.25) is 11.8 Å². The third-order valence-electron chi connectivity index (χ3n) is 7.56. The van der Waals surface area contributed by atoms with Crippen molar-refractivity contribution in [1.29, 1.82) is 0 Å². The van der Waals surface area contributed by atoms with Crippen molar-refractivity contribution >= 4 is 22.7 Å². The Morgan fingerprint density at radius 1 is 1.17 bits per heavy atom. The Morgan fingerprint density at radius 3 is 2.72 bits per heavy atom. The van der Waals surface area contributed by atoms with E-state index in [1.807, 2.05) is 18.2 Å². The number of para-hydroxylation sites is 1. The molecule has 0 radical (unpaired) electrons. The second kappa shape index (κ2) is 10.3. The molecule has 2 fully saturated rings. The fourth-order valence-electron chi connectivity index (χ4n) is 5.47. The average Bonchev–Trinajstić information content (AvgIpc) is 3.66. The van der Waals surface area contributed by atoms with Crippen molar-refractivity contribution in [2.45, 2.75) is 51.2 Å². The summed E-state index contributed by atoms with van der Waals surface area (Å²) in [5, 5.41) is 7.43. The highest BCUT2D eigenvalue weighted by atomic mass is 16.2. The molecular weight excluding hydrogens is 454 g/mol. The van der Waals surface area contributed by atoms with Gasteiger partial charge in [0.15, 0.2) is 0 Å². The van der Waals surface area contributed by atoms with Gasteiger partial charge in [0, 0.05) is 75.6 Å². The van der Waals surface area contributed by atoms with Crippen molar-refractivity contribution in [3.63, 3.8) is 0 Å². The minimum absolute atomic E-state index is 0.0351. The highest BCUT2D eigenvalue weighted by Gasteiger charge is 2.40. The van der Waals surface area contributed by atoms with Gasteiger partial charge < -0.3 is 24.7 Å². The van der Waals surface area contributed by atoms with Crippen LogP contribution in [0.1, 0.15) is 43.2 Å². The summed E-state index contributed by atoms with van der Waals surface area (Å²) in [5.41, 5.74) is 3.16. The van der Waals surface area contributed by atoms with Crippen LogP contribution in [0.5, 0.6) is 0 Å². The van der Waals surface area contributed by atoms with E-state index in [2.05, 4.69) is 38.4 Å². The minimum atomic E-state index is -0.195. The standard InChI is InChI=1S/C28H35N5O3/c1-19(34)30-12-14-32-17-21(24-5-3-4-6-26(24)32)18-33(22-7-8-22)28(36)25-16-29-11-9-23(25)20-10-13-31(2)27(35)15-20/h3-6,10,13,15,17,22-23,25,29H,7-9,11-12,14,16,18H2,1-2H3,(H,30,34)/t23-,25+/m0/s1. The molecule has 2 N–H and O–H groups in total. The molecule has 1 aromatic carbocycles. The molecule has 1 saturated carbocycles. The molecule has 2 aromatic heterocycles. The summed E-state index contributed by atoms with van der Waals surface area (Å²) in [6.07, 6.45) is 6.83. The minimum Gasteiger partial charge on any atom is -0.355 e. The molecule has 3 aromatic rings. The van der Waals surface area contributed by atoms with E-state index < -0.39 is 0 Å². The number of nitrogens with one attached hydrogen (secondary N) is 2. The zero-order chi connectivity index (χ0) is 25.2. The van der Waals surface area contributed by atoms with E-state index in [-0.39, 0.29) is 35.3 Å². The van der Waals surface area contributed by atoms with Crippen LogP contribution in [-0.4, -0.2) is 51.5 Å². The number of piperidine rings is 1. The van der Waals surface area contributed by atoms with Crippen LogP contribution < -0.4 is 16.2 Å². The summed E-state index contributed by atoms with van der Waals surface area (Å²) in [6, 6.07) is 12.2. The van der Waals surface area contributed by atoms with Gasteiger partial charge >= 0.3 is 0 Å². The van der Waals surface area contributed by atoms with Crippen molar-refractivity contribution in [2.75, 3.05) is 19.6 Å². The maximum Gasteiger partial charge on any atom is 0.250 e. The van der Waals surface area contributed by atoms with Crippen LogP contribution in [0.15, 0.2) is 53.6 Å². The number of hydrogen-bond donors (Lipinski definition) is 2. The number of pyridine rings is 1. The second-order valence-corrected chi connectivity index (χ2v) is 10.2. The Labute approximate surface area is 211 Å². The molecule has 0 bridgehead atoms. The van der Waals surface area contributed by atoms with Crippen molar-refractivity contribution < 1.29 is 9.59 Å². The number of amides is 2. The van der Waals surface area contributed by atoms with E-state index in [4.69, 9.17) is 0 Å². The van der Waals surface area contributed by atoms with Crippen LogP contribution in [0.25, 0.3) is 10.9 Å². The summed E-state index contributed by atoms with van der Waals surface area (Å²) in [7, 11) is 1.75. The Hall–Kier alpha value is -3.39. The second-order valence-electron chi connectivity index (χ2n) is 10.2. The Balaban J connectivity index is 1.41. The quantitative estimate of drug-likeness (QED) is 0.509. The van der Waals surface area contributed by atoms with E-state index in [0.29, 0.717) is 26.2 Å². The van der Waals surface area contributed by atoms with Crippen LogP contribution in [-0.2, 0) is 29.7 Å². The summed E-state index contributed by atoms with van der Waals surface area (Å²) in [6.45, 7) is 4.80. The Bertz CT molecular complexity index is 1320. The Morgan fingerprint density at radius 2 is 1.97 bits per heavy atom. The van der Waals surface area contributed by atoms with Crippen LogP contribution in [0, 0.1) is 5.92 Å². The van der Waals surface area contributed by atoms with Gasteiger partial charge in [0.25, 0.3) is 5.56 Å². The van der Waals surface area contributed by atoms with Crippen LogP contribution in [0.3, 0.4) is 0 Å². The molecule has 1 aliphatic heterocycles. The molecule has 0 unspecified atom stereocenters. The van der Waals surface area contributed by atoms with Gasteiger partial charge in [-0.3, -0.25) is 14.4 Å². The number of carbonyl (C=O) groups excluding carboxylic acids is 2. The molecule has 8 heteroatoms. The highest BCUT2D eigenvalue weighted by Crippen LogP contribution is 2.36. The Kier molecular flexibility index (Phi) is 6.96. The fourth-order valence-corrected chi connectivity index (χ4v) is 5.47. The lowest BCUT2D eigenvalue weighted by atomic mass is 9.80. The monoisotopic (exact) mass is 489 g/mol. The van der Waals surface area contributed by atoms with Gasteiger partial charge in [0.05, 0.1) is 5.92 Å². The van der Waals surface area contributed by atoms with E-state index >= 15 is 0 Å². The number of carbonyl (C=O) groups is 2. The molecular formula is C28H35N5O3. The van der Waals surface area contributed by atoms with Gasteiger partial charge in [-0.2, -0.15) is 0 Å². The van der Waals surface area contributed by atoms with Crippen LogP contribution in [0.2, 0.25) is 0 Å². The number of hydrogen-bond acceptors (Lipinski definition) is 4. The molecule has 0 spiro atoms. The molecule has 8 nitrogen and oxygen atoms in total. The van der Waals surface area contributed by atoms with Crippen LogP contribution in [0.4, 0.5) is 0 Å². The lowest BCUT2D eigenvalue weighted by Gasteiger charge is -2.35. The summed E-state index contributed by atoms with van der Waals surface area (Å²) in [4.78, 5) is 39.8. The predicted octanol–water partition coefficient (Wildman–Crippen LogP) is 2.36. The average molecular weight is 490 g/mol. The zero-order valence-electron chi connectivity index (χ0n) is 21.1. The number of rotatable bonds is 8. The molecule has 2 aliphatic rings. The third kappa shape index (κ3) is 5.09. The molecule has 5 rings (SSSR count). The van der Waals surface area contributed by atoms with Gasteiger partial charge in [0.1, 0.15) is 0 Å². The normalized spacial score (nSPS) is 19.8. The maximum absolute atomic E-state index is 14.1. The first-order valence-corrected chi connectivity index (χ1v) is 12.9. The molecule has 36 heavy (non-hydrogen) atoms. The molecule has 2 amide bonds. The first-order valence-electron chi connectivity index (χ1n) is 12.9. The first-order chi connectivity index (χ1) is 17.4. The predicted molar refractivity (Wildman–Crippen MR) is 140 cm³/mol. The van der Waals surface area contributed by atoms with E-state index in [0.717, 1.165) is 47.8 Å². The van der Waals surface area contributed by atoms with Gasteiger partial charge in [-0.1, -0.05) is 18.2 Å². The topological polar surface area (TPSA) is 88.4 Å². The van der Waals surface area contributed by atoms with Gasteiger partial charge in [-0.05, 0) is 55.0 Å². The molecule has 1 aliphatic carbocycles. The molecule has 1 saturated heterocycles. The largest absolute Gasteiger partial charge is 0.355 e. The smallest absolute Gasteiger partial charge is 0.250 e. The summed E-state index contributed by atoms with van der Waals surface area (Å²) >= 11 is 0. The van der Waals surface area contributed by atoms with Gasteiger partial charge in [-0.25, -0.2) is 0 Å². The number of aryl methyl sites for hydroxylation is 1. The van der Waals surface area contributed by atoms with Crippen LogP contribution >= 0.6 is 0 Å². The van der Waals surface area contributed by atoms with E-state index in [1.54, 1.807) is 23.9 Å². The number of fused-ring (bicyclic) bond motifs is 1. The van der Waals surface area contributed by atoms with Crippen molar-refractivity contribution in [2.24, 2.45) is 13.0 Å². The summed E-state index contributed by atoms with van der Waals surface area (Å²) in [5.74, 6) is -0.0259. The molecule has 2 atom stereocenters. The lowest BCUT2D eigenvalue weighted by Crippen LogP contribution is -2.47. The molecule has 190 valence electrons. The first kappa shape index (κ1) is 24.3. The molecule has 3 heterocycles. The summed E-state index contributed by atoms with van der Waals surface area (Å²) < 4.78 is 3.74. The lowest BCUT2D eigenvalue weighted by molar-refractivity contribution is -0.138. The van der Waals surface area contributed by atoms with Crippen molar-refractivity contribution in [3.05, 3.63) is 70.3 Å². The van der Waals surface area contributed by atoms with Crippen molar-refractivity contribution in [3.8, 4) is 0 Å². The maximum atomic E-state index is 14.1. The number of benzene rings is 1. The number of nitrogens with zero attached hydrogens (tertiary/aromatic N) is 3. The van der Waals surface area contributed by atoms with E-state index in [9.17, 15) is 14.4 Å². The fraction of sp³-hybridized carbons (Fsp3) is 0.464. The third-order valence-corrected chi connectivity index (χ3v) is 7.56. The SMILES string of the molecule is CC(=O)NCCn1cc(CN(C(=O)[C@@H]2CNCC[C@H]2c2ccn(C)c(=O)c2)C2CC2)c2ccccc21. The zero-order valence-corrected chi connectivity index (χ0v) is 21.1. The van der Waals surface area contributed by atoms with Crippen molar-refractivity contribution in [1.82, 2.24) is 24.7 Å². The van der Waals surface area contributed by atoms with Gasteiger partial charge in [-0.15, -0.1) is 0 Å². The van der Waals surface area contributed by atoms with E-state index in [1.165, 1.54) is 6.92 Å². The highest BCUT2D eigenvalue weighted by molar-refractivity contribution is 5.86. The number of aromatic nitrogens is 2.